The standard InChI is InChI=1S/C15H16FN5O5S2/c16-9-5-8(28(25,26)21-14-13(15(23)24)19-7-27-14)1-2-10(9)20-12(22)6-11-17-3-4-18-11/h1-2,5,19,21H,3-4,6-7H2,(H,17,18)(H,20,22)(H,23,24). The third-order valence-corrected chi connectivity index (χ3v) is 6.09. The number of sulfonamides is 1. The van der Waals surface area contributed by atoms with Crippen molar-refractivity contribution in [1.82, 2.24) is 15.4 Å². The fourth-order valence-corrected chi connectivity index (χ4v) is 4.64. The van der Waals surface area contributed by atoms with Gasteiger partial charge in [-0.05, 0) is 18.2 Å². The van der Waals surface area contributed by atoms with E-state index in [4.69, 9.17) is 5.11 Å². The highest BCUT2D eigenvalue weighted by molar-refractivity contribution is 8.04. The lowest BCUT2D eigenvalue weighted by atomic mass is 10.3. The van der Waals surface area contributed by atoms with Crippen LogP contribution in [0.1, 0.15) is 6.42 Å². The lowest BCUT2D eigenvalue weighted by Gasteiger charge is -2.11. The predicted octanol–water partition coefficient (Wildman–Crippen LogP) is -0.0181. The number of amides is 1. The molecule has 13 heteroatoms. The number of nitrogens with one attached hydrogen (secondary N) is 4. The number of carboxylic acid groups (broad SMARTS) is 1. The highest BCUT2D eigenvalue weighted by Crippen LogP contribution is 2.25. The Morgan fingerprint density at radius 2 is 2.11 bits per heavy atom. The van der Waals surface area contributed by atoms with E-state index in [2.05, 4.69) is 25.7 Å². The van der Waals surface area contributed by atoms with Crippen LogP contribution >= 0.6 is 11.8 Å². The van der Waals surface area contributed by atoms with Crippen LogP contribution in [0, 0.1) is 5.82 Å². The zero-order valence-electron chi connectivity index (χ0n) is 14.3. The molecule has 0 radical (unpaired) electrons. The molecule has 28 heavy (non-hydrogen) atoms. The Labute approximate surface area is 163 Å². The molecule has 0 bridgehead atoms. The van der Waals surface area contributed by atoms with Gasteiger partial charge in [0.15, 0.2) is 5.70 Å². The molecule has 0 atom stereocenters. The van der Waals surface area contributed by atoms with Crippen molar-refractivity contribution in [1.29, 1.82) is 0 Å². The van der Waals surface area contributed by atoms with Gasteiger partial charge in [0.25, 0.3) is 10.0 Å². The lowest BCUT2D eigenvalue weighted by molar-refractivity contribution is -0.133. The molecule has 1 amide bonds. The van der Waals surface area contributed by atoms with Gasteiger partial charge >= 0.3 is 5.97 Å². The average molecular weight is 429 g/mol. The van der Waals surface area contributed by atoms with Crippen molar-refractivity contribution in [3.8, 4) is 0 Å². The van der Waals surface area contributed by atoms with Crippen LogP contribution in [0.2, 0.25) is 0 Å². The minimum Gasteiger partial charge on any atom is -0.477 e. The van der Waals surface area contributed by atoms with Crippen LogP contribution in [0.5, 0.6) is 0 Å². The molecule has 1 aromatic rings. The molecule has 10 nitrogen and oxygen atoms in total. The molecule has 1 aromatic carbocycles. The molecule has 0 saturated carbocycles. The van der Waals surface area contributed by atoms with Gasteiger partial charge in [-0.1, -0.05) is 11.8 Å². The Morgan fingerprint density at radius 3 is 2.75 bits per heavy atom. The van der Waals surface area contributed by atoms with Gasteiger partial charge in [0.1, 0.15) is 16.7 Å². The molecule has 2 aliphatic heterocycles. The molecule has 0 saturated heterocycles. The Balaban J connectivity index is 1.73. The number of hydrogen-bond donors (Lipinski definition) is 5. The van der Waals surface area contributed by atoms with Crippen molar-refractivity contribution < 1.29 is 27.5 Å². The van der Waals surface area contributed by atoms with Crippen LogP contribution in [-0.4, -0.2) is 50.2 Å². The first kappa shape index (κ1) is 19.9. The second kappa shape index (κ2) is 8.06. The molecular weight excluding hydrogens is 413 g/mol. The molecular formula is C15H16FN5O5S2. The summed E-state index contributed by atoms with van der Waals surface area (Å²) in [6, 6.07) is 2.98. The monoisotopic (exact) mass is 429 g/mol. The predicted molar refractivity (Wildman–Crippen MR) is 101 cm³/mol. The summed E-state index contributed by atoms with van der Waals surface area (Å²) in [6.45, 7) is 1.22. The summed E-state index contributed by atoms with van der Waals surface area (Å²) in [5.41, 5.74) is -0.453. The fraction of sp³-hybridized carbons (Fsp3) is 0.267. The minimum absolute atomic E-state index is 0.0443. The quantitative estimate of drug-likeness (QED) is 0.406. The zero-order valence-corrected chi connectivity index (χ0v) is 15.9. The van der Waals surface area contributed by atoms with E-state index in [0.717, 1.165) is 30.0 Å². The maximum absolute atomic E-state index is 14.3. The summed E-state index contributed by atoms with van der Waals surface area (Å²) in [5, 5.41) is 16.8. The Morgan fingerprint density at radius 1 is 1.32 bits per heavy atom. The van der Waals surface area contributed by atoms with Gasteiger partial charge in [-0.25, -0.2) is 17.6 Å². The van der Waals surface area contributed by atoms with Gasteiger partial charge in [0.05, 0.1) is 29.4 Å². The van der Waals surface area contributed by atoms with Gasteiger partial charge in [-0.3, -0.25) is 14.5 Å². The largest absolute Gasteiger partial charge is 0.477 e. The fourth-order valence-electron chi connectivity index (χ4n) is 2.44. The molecule has 5 N–H and O–H groups in total. The number of hydrogen-bond acceptors (Lipinski definition) is 8. The van der Waals surface area contributed by atoms with E-state index in [1.165, 1.54) is 0 Å². The topological polar surface area (TPSA) is 149 Å². The van der Waals surface area contributed by atoms with E-state index < -0.39 is 32.6 Å². The summed E-state index contributed by atoms with van der Waals surface area (Å²) in [6.07, 6.45) is -0.0443. The normalized spacial score (nSPS) is 16.2. The second-order valence-corrected chi connectivity index (χ2v) is 8.37. The first-order valence-corrected chi connectivity index (χ1v) is 10.5. The maximum atomic E-state index is 14.3. The van der Waals surface area contributed by atoms with Crippen molar-refractivity contribution in [3.63, 3.8) is 0 Å². The third kappa shape index (κ3) is 4.54. The molecule has 0 aromatic heterocycles. The lowest BCUT2D eigenvalue weighted by Crippen LogP contribution is -2.26. The molecule has 0 fully saturated rings. The van der Waals surface area contributed by atoms with Gasteiger partial charge in [0.2, 0.25) is 5.91 Å². The van der Waals surface area contributed by atoms with E-state index in [1.807, 2.05) is 0 Å². The van der Waals surface area contributed by atoms with Crippen molar-refractivity contribution in [2.45, 2.75) is 11.3 Å². The van der Waals surface area contributed by atoms with Gasteiger partial charge in [-0.15, -0.1) is 0 Å². The van der Waals surface area contributed by atoms with Crippen LogP contribution < -0.4 is 20.7 Å². The summed E-state index contributed by atoms with van der Waals surface area (Å²) >= 11 is 0.961. The maximum Gasteiger partial charge on any atom is 0.354 e. The Hall–Kier alpha value is -2.80. The van der Waals surface area contributed by atoms with Crippen LogP contribution in [0.4, 0.5) is 10.1 Å². The van der Waals surface area contributed by atoms with Crippen LogP contribution in [0.3, 0.4) is 0 Å². The first-order valence-electron chi connectivity index (χ1n) is 8.00. The average Bonchev–Trinajstić information content (AvgIpc) is 3.28. The number of halogens is 1. The minimum atomic E-state index is -4.21. The smallest absolute Gasteiger partial charge is 0.354 e. The van der Waals surface area contributed by atoms with Crippen molar-refractivity contribution in [2.75, 3.05) is 24.3 Å². The number of anilines is 1. The van der Waals surface area contributed by atoms with E-state index in [0.29, 0.717) is 18.9 Å². The van der Waals surface area contributed by atoms with E-state index >= 15 is 0 Å². The number of nitrogens with zero attached hydrogens (tertiary/aromatic N) is 1. The van der Waals surface area contributed by atoms with Gasteiger partial charge in [0, 0.05) is 6.54 Å². The van der Waals surface area contributed by atoms with Crippen LogP contribution in [0.25, 0.3) is 0 Å². The zero-order chi connectivity index (χ0) is 20.3. The molecule has 150 valence electrons. The van der Waals surface area contributed by atoms with E-state index in [1.54, 1.807) is 0 Å². The van der Waals surface area contributed by atoms with E-state index in [9.17, 15) is 22.4 Å². The number of benzene rings is 1. The number of carbonyl (C=O) groups is 2. The molecule has 2 heterocycles. The van der Waals surface area contributed by atoms with Gasteiger partial charge < -0.3 is 21.1 Å². The highest BCUT2D eigenvalue weighted by Gasteiger charge is 2.26. The second-order valence-electron chi connectivity index (χ2n) is 5.70. The van der Waals surface area contributed by atoms with Crippen LogP contribution in [0.15, 0.2) is 38.8 Å². The molecule has 0 unspecified atom stereocenters. The number of rotatable bonds is 7. The summed E-state index contributed by atoms with van der Waals surface area (Å²) in [5.74, 6) is -2.05. The summed E-state index contributed by atoms with van der Waals surface area (Å²) in [7, 11) is -4.21. The SMILES string of the molecule is O=C(CC1=NCCN1)Nc1ccc(S(=O)(=O)NC2=C(C(=O)O)NCS2)cc1F. The molecule has 0 aliphatic carbocycles. The number of carbonyl (C=O) groups excluding carboxylic acids is 1. The highest BCUT2D eigenvalue weighted by atomic mass is 32.2. The number of thioether (sulfide) groups is 1. The molecule has 0 spiro atoms. The number of aliphatic carboxylic acids is 1. The van der Waals surface area contributed by atoms with E-state index in [-0.39, 0.29) is 28.7 Å². The number of amidine groups is 1. The molecule has 2 aliphatic rings. The van der Waals surface area contributed by atoms with Crippen molar-refractivity contribution >= 4 is 45.2 Å². The van der Waals surface area contributed by atoms with Gasteiger partial charge in [-0.2, -0.15) is 0 Å². The first-order chi connectivity index (χ1) is 13.3. The Kier molecular flexibility index (Phi) is 5.74. The van der Waals surface area contributed by atoms with Crippen LogP contribution in [-0.2, 0) is 19.6 Å². The van der Waals surface area contributed by atoms with Crippen molar-refractivity contribution in [3.05, 3.63) is 34.7 Å². The number of carboxylic acids is 1. The summed E-state index contributed by atoms with van der Waals surface area (Å²) in [4.78, 5) is 26.7. The molecule has 3 rings (SSSR count). The summed E-state index contributed by atoms with van der Waals surface area (Å²) < 4.78 is 41.3. The Bertz CT molecular complexity index is 993. The number of aliphatic imine (C=N–C) groups is 1. The van der Waals surface area contributed by atoms with Crippen molar-refractivity contribution in [2.24, 2.45) is 4.99 Å². The third-order valence-electron chi connectivity index (χ3n) is 3.73.